The Kier molecular flexibility index (Phi) is 3.72. The van der Waals surface area contributed by atoms with Crippen molar-refractivity contribution in [1.82, 2.24) is 4.98 Å². The highest BCUT2D eigenvalue weighted by atomic mass is 16.5. The molecule has 2 aromatic rings. The second-order valence-corrected chi connectivity index (χ2v) is 4.12. The number of carbonyl (C=O) groups excluding carboxylic acids is 1. The van der Waals surface area contributed by atoms with E-state index in [0.29, 0.717) is 17.7 Å². The first-order valence-corrected chi connectivity index (χ1v) is 5.78. The molecule has 0 bridgehead atoms. The highest BCUT2D eigenvalue weighted by Crippen LogP contribution is 2.21. The summed E-state index contributed by atoms with van der Waals surface area (Å²) in [7, 11) is 1.58. The summed E-state index contributed by atoms with van der Waals surface area (Å²) in [5, 5.41) is 0. The molecule has 1 aromatic carbocycles. The average molecular weight is 241 g/mol. The van der Waals surface area contributed by atoms with Crippen molar-refractivity contribution in [1.29, 1.82) is 0 Å². The molecule has 0 N–H and O–H groups in total. The van der Waals surface area contributed by atoms with E-state index in [-0.39, 0.29) is 5.78 Å². The van der Waals surface area contributed by atoms with Gasteiger partial charge in [0.05, 0.1) is 19.1 Å². The van der Waals surface area contributed by atoms with Crippen LogP contribution in [0.4, 0.5) is 0 Å². The fraction of sp³-hybridized carbons (Fsp3) is 0.200. The molecule has 3 nitrogen and oxygen atoms in total. The maximum absolute atomic E-state index is 12.2. The third-order valence-electron chi connectivity index (χ3n) is 2.73. The number of ketones is 1. The molecule has 0 fully saturated rings. The van der Waals surface area contributed by atoms with E-state index in [4.69, 9.17) is 4.74 Å². The van der Waals surface area contributed by atoms with E-state index in [1.807, 2.05) is 37.3 Å². The van der Waals surface area contributed by atoms with Crippen molar-refractivity contribution in [2.75, 3.05) is 7.11 Å². The lowest BCUT2D eigenvalue weighted by molar-refractivity contribution is 0.0989. The minimum absolute atomic E-state index is 0.0190. The molecular weight excluding hydrogens is 226 g/mol. The molecular formula is C15H15NO2. The van der Waals surface area contributed by atoms with Crippen molar-refractivity contribution in [3.8, 4) is 5.75 Å². The van der Waals surface area contributed by atoms with Crippen LogP contribution in [0.3, 0.4) is 0 Å². The van der Waals surface area contributed by atoms with Crippen LogP contribution in [0, 0.1) is 6.92 Å². The van der Waals surface area contributed by atoms with Gasteiger partial charge < -0.3 is 4.74 Å². The van der Waals surface area contributed by atoms with E-state index < -0.39 is 0 Å². The van der Waals surface area contributed by atoms with Gasteiger partial charge in [-0.2, -0.15) is 0 Å². The van der Waals surface area contributed by atoms with Gasteiger partial charge in [-0.1, -0.05) is 12.1 Å². The van der Waals surface area contributed by atoms with E-state index in [0.717, 1.165) is 11.3 Å². The number of nitrogens with zero attached hydrogens (tertiary/aromatic N) is 1. The van der Waals surface area contributed by atoms with Gasteiger partial charge >= 0.3 is 0 Å². The van der Waals surface area contributed by atoms with E-state index in [2.05, 4.69) is 4.98 Å². The van der Waals surface area contributed by atoms with E-state index in [9.17, 15) is 4.79 Å². The van der Waals surface area contributed by atoms with Gasteiger partial charge in [0.25, 0.3) is 0 Å². The van der Waals surface area contributed by atoms with Crippen LogP contribution in [0.5, 0.6) is 5.75 Å². The number of benzene rings is 1. The number of carbonyl (C=O) groups is 1. The topological polar surface area (TPSA) is 39.2 Å². The molecule has 0 saturated heterocycles. The molecule has 0 aliphatic heterocycles. The highest BCUT2D eigenvalue weighted by Gasteiger charge is 2.13. The third kappa shape index (κ3) is 2.74. The fourth-order valence-corrected chi connectivity index (χ4v) is 1.79. The Morgan fingerprint density at radius 1 is 1.28 bits per heavy atom. The fourth-order valence-electron chi connectivity index (χ4n) is 1.79. The normalized spacial score (nSPS) is 10.1. The van der Waals surface area contributed by atoms with Gasteiger partial charge in [0.15, 0.2) is 5.78 Å². The van der Waals surface area contributed by atoms with Crippen molar-refractivity contribution in [2.45, 2.75) is 13.3 Å². The molecule has 18 heavy (non-hydrogen) atoms. The van der Waals surface area contributed by atoms with Crippen LogP contribution in [0.25, 0.3) is 0 Å². The number of hydrogen-bond donors (Lipinski definition) is 0. The number of ether oxygens (including phenoxy) is 1. The maximum Gasteiger partial charge on any atom is 0.172 e. The van der Waals surface area contributed by atoms with Crippen LogP contribution in [0.2, 0.25) is 0 Å². The molecule has 0 unspecified atom stereocenters. The van der Waals surface area contributed by atoms with Gasteiger partial charge in [-0.3, -0.25) is 9.78 Å². The van der Waals surface area contributed by atoms with Gasteiger partial charge in [0.2, 0.25) is 0 Å². The summed E-state index contributed by atoms with van der Waals surface area (Å²) in [4.78, 5) is 16.3. The molecule has 2 rings (SSSR count). The zero-order valence-electron chi connectivity index (χ0n) is 10.5. The van der Waals surface area contributed by atoms with E-state index in [1.54, 1.807) is 19.4 Å². The Hall–Kier alpha value is -2.16. The summed E-state index contributed by atoms with van der Waals surface area (Å²) >= 11 is 0. The number of methoxy groups -OCH3 is 1. The minimum Gasteiger partial charge on any atom is -0.496 e. The number of aromatic nitrogens is 1. The summed E-state index contributed by atoms with van der Waals surface area (Å²) in [6.07, 6.45) is 1.98. The summed E-state index contributed by atoms with van der Waals surface area (Å²) in [6.45, 7) is 1.97. The predicted octanol–water partition coefficient (Wildman–Crippen LogP) is 2.82. The molecule has 3 heteroatoms. The monoisotopic (exact) mass is 241 g/mol. The first-order valence-electron chi connectivity index (χ1n) is 5.78. The number of hydrogen-bond acceptors (Lipinski definition) is 3. The lowest BCUT2D eigenvalue weighted by Crippen LogP contribution is -2.07. The molecule has 1 heterocycles. The van der Waals surface area contributed by atoms with Crippen LogP contribution in [-0.2, 0) is 6.42 Å². The molecule has 0 aliphatic rings. The van der Waals surface area contributed by atoms with Crippen molar-refractivity contribution in [3.05, 3.63) is 59.4 Å². The second kappa shape index (κ2) is 5.45. The van der Waals surface area contributed by atoms with Crippen molar-refractivity contribution >= 4 is 5.78 Å². The van der Waals surface area contributed by atoms with Crippen LogP contribution in [-0.4, -0.2) is 17.9 Å². The zero-order chi connectivity index (χ0) is 13.0. The van der Waals surface area contributed by atoms with Crippen molar-refractivity contribution < 1.29 is 9.53 Å². The summed E-state index contributed by atoms with van der Waals surface area (Å²) in [6, 6.07) is 11.1. The first kappa shape index (κ1) is 12.3. The standard InChI is InChI=1S/C15H15NO2/c1-11-6-7-13(15(9-11)18-2)14(17)10-12-5-3-4-8-16-12/h3-9H,10H2,1-2H3. The molecule has 0 saturated carbocycles. The predicted molar refractivity (Wildman–Crippen MR) is 70.0 cm³/mol. The van der Waals surface area contributed by atoms with Gasteiger partial charge in [-0.05, 0) is 36.8 Å². The number of pyridine rings is 1. The lowest BCUT2D eigenvalue weighted by Gasteiger charge is -2.08. The lowest BCUT2D eigenvalue weighted by atomic mass is 10.0. The van der Waals surface area contributed by atoms with Crippen LogP contribution in [0.1, 0.15) is 21.6 Å². The Labute approximate surface area is 106 Å². The maximum atomic E-state index is 12.2. The minimum atomic E-state index is 0.0190. The zero-order valence-corrected chi connectivity index (χ0v) is 10.5. The van der Waals surface area contributed by atoms with E-state index >= 15 is 0 Å². The molecule has 0 atom stereocenters. The second-order valence-electron chi connectivity index (χ2n) is 4.12. The van der Waals surface area contributed by atoms with Gasteiger partial charge in [-0.15, -0.1) is 0 Å². The quantitative estimate of drug-likeness (QED) is 0.773. The van der Waals surface area contributed by atoms with Crippen LogP contribution < -0.4 is 4.74 Å². The molecule has 0 spiro atoms. The Morgan fingerprint density at radius 2 is 2.11 bits per heavy atom. The highest BCUT2D eigenvalue weighted by molar-refractivity contribution is 5.99. The van der Waals surface area contributed by atoms with E-state index in [1.165, 1.54) is 0 Å². The molecule has 0 aliphatic carbocycles. The molecule has 92 valence electrons. The summed E-state index contributed by atoms with van der Waals surface area (Å²) in [5.41, 5.74) is 2.44. The first-order chi connectivity index (χ1) is 8.70. The summed E-state index contributed by atoms with van der Waals surface area (Å²) in [5.74, 6) is 0.640. The largest absolute Gasteiger partial charge is 0.496 e. The van der Waals surface area contributed by atoms with Crippen LogP contribution >= 0.6 is 0 Å². The molecule has 1 aromatic heterocycles. The number of rotatable bonds is 4. The Morgan fingerprint density at radius 3 is 2.78 bits per heavy atom. The number of Topliss-reactive ketones (excluding diaryl/α,β-unsaturated/α-hetero) is 1. The Balaban J connectivity index is 2.24. The van der Waals surface area contributed by atoms with Gasteiger partial charge in [0, 0.05) is 11.9 Å². The SMILES string of the molecule is COc1cc(C)ccc1C(=O)Cc1ccccn1. The third-order valence-corrected chi connectivity index (χ3v) is 2.73. The summed E-state index contributed by atoms with van der Waals surface area (Å²) < 4.78 is 5.24. The molecule has 0 amide bonds. The Bertz CT molecular complexity index is 550. The average Bonchev–Trinajstić information content (AvgIpc) is 2.39. The van der Waals surface area contributed by atoms with Gasteiger partial charge in [-0.25, -0.2) is 0 Å². The van der Waals surface area contributed by atoms with Crippen LogP contribution in [0.15, 0.2) is 42.6 Å². The van der Waals surface area contributed by atoms with Crippen molar-refractivity contribution in [3.63, 3.8) is 0 Å². The smallest absolute Gasteiger partial charge is 0.172 e. The number of aryl methyl sites for hydroxylation is 1. The molecule has 0 radical (unpaired) electrons. The van der Waals surface area contributed by atoms with Gasteiger partial charge in [0.1, 0.15) is 5.75 Å². The van der Waals surface area contributed by atoms with Crippen molar-refractivity contribution in [2.24, 2.45) is 0 Å².